The van der Waals surface area contributed by atoms with Crippen LogP contribution in [0, 0.1) is 0 Å². The van der Waals surface area contributed by atoms with Crippen LogP contribution < -0.4 is 5.73 Å². The third kappa shape index (κ3) is 2.27. The molecule has 0 aliphatic rings. The summed E-state index contributed by atoms with van der Waals surface area (Å²) in [6.45, 7) is 1.97. The van der Waals surface area contributed by atoms with E-state index in [9.17, 15) is 0 Å². The van der Waals surface area contributed by atoms with Crippen molar-refractivity contribution in [3.05, 3.63) is 52.9 Å². The van der Waals surface area contributed by atoms with Crippen molar-refractivity contribution in [1.82, 2.24) is 14.5 Å². The number of pyridine rings is 1. The van der Waals surface area contributed by atoms with Crippen LogP contribution in [0.1, 0.15) is 18.5 Å². The Morgan fingerprint density at radius 1 is 1.26 bits per heavy atom. The predicted octanol–water partition coefficient (Wildman–Crippen LogP) is 3.20. The Bertz CT molecular complexity index is 733. The van der Waals surface area contributed by atoms with Crippen LogP contribution >= 0.6 is 15.9 Å². The topological polar surface area (TPSA) is 56.7 Å². The summed E-state index contributed by atoms with van der Waals surface area (Å²) in [4.78, 5) is 8.86. The maximum absolute atomic E-state index is 5.89. The Hall–Kier alpha value is -1.72. The Labute approximate surface area is 119 Å². The van der Waals surface area contributed by atoms with Gasteiger partial charge < -0.3 is 5.73 Å². The molecule has 1 aromatic carbocycles. The van der Waals surface area contributed by atoms with Crippen molar-refractivity contribution in [1.29, 1.82) is 0 Å². The van der Waals surface area contributed by atoms with Gasteiger partial charge in [-0.3, -0.25) is 4.57 Å². The number of hydrogen-bond donors (Lipinski definition) is 1. The molecule has 0 saturated heterocycles. The van der Waals surface area contributed by atoms with Crippen molar-refractivity contribution in [2.24, 2.45) is 5.73 Å². The molecule has 5 heteroatoms. The highest BCUT2D eigenvalue weighted by molar-refractivity contribution is 9.10. The Morgan fingerprint density at radius 3 is 2.84 bits per heavy atom. The number of nitrogens with two attached hydrogens (primary N) is 1. The van der Waals surface area contributed by atoms with E-state index in [0.717, 1.165) is 27.0 Å². The van der Waals surface area contributed by atoms with Crippen LogP contribution in [0.25, 0.3) is 16.9 Å². The highest BCUT2D eigenvalue weighted by atomic mass is 79.9. The van der Waals surface area contributed by atoms with Crippen LogP contribution in [-0.2, 0) is 0 Å². The number of halogens is 1. The van der Waals surface area contributed by atoms with E-state index < -0.39 is 0 Å². The molecule has 96 valence electrons. The lowest BCUT2D eigenvalue weighted by Crippen LogP contribution is -2.04. The second-order valence-electron chi connectivity index (χ2n) is 4.47. The fourth-order valence-electron chi connectivity index (χ4n) is 2.03. The summed E-state index contributed by atoms with van der Waals surface area (Å²) in [6.07, 6.45) is 1.78. The van der Waals surface area contributed by atoms with Gasteiger partial charge in [-0.25, -0.2) is 9.97 Å². The third-order valence-corrected chi connectivity index (χ3v) is 3.49. The summed E-state index contributed by atoms with van der Waals surface area (Å²) in [7, 11) is 0. The fraction of sp³-hybridized carbons (Fsp3) is 0.143. The minimum Gasteiger partial charge on any atom is -0.324 e. The number of hydrogen-bond acceptors (Lipinski definition) is 3. The quantitative estimate of drug-likeness (QED) is 0.739. The fourth-order valence-corrected chi connectivity index (χ4v) is 2.36. The van der Waals surface area contributed by atoms with Crippen LogP contribution in [0.4, 0.5) is 0 Å². The Balaban J connectivity index is 2.16. The first-order chi connectivity index (χ1) is 9.15. The van der Waals surface area contributed by atoms with Crippen LogP contribution in [0.2, 0.25) is 0 Å². The molecule has 4 nitrogen and oxygen atoms in total. The van der Waals surface area contributed by atoms with Crippen molar-refractivity contribution >= 4 is 27.0 Å². The molecule has 3 aromatic rings. The van der Waals surface area contributed by atoms with E-state index in [1.54, 1.807) is 6.33 Å². The number of rotatable bonds is 2. The zero-order valence-corrected chi connectivity index (χ0v) is 12.0. The molecule has 2 aromatic heterocycles. The minimum absolute atomic E-state index is 0.0125. The first-order valence-electron chi connectivity index (χ1n) is 6.00. The lowest BCUT2D eigenvalue weighted by Gasteiger charge is -2.06. The molecule has 0 fully saturated rings. The molecule has 0 spiro atoms. The number of nitrogens with zero attached hydrogens (tertiary/aromatic N) is 3. The number of benzene rings is 1. The number of imidazole rings is 1. The third-order valence-electron chi connectivity index (χ3n) is 3.04. The van der Waals surface area contributed by atoms with Crippen LogP contribution in [0.15, 0.2) is 47.3 Å². The highest BCUT2D eigenvalue weighted by Crippen LogP contribution is 2.21. The molecule has 1 unspecified atom stereocenters. The molecule has 2 N–H and O–H groups in total. The normalized spacial score (nSPS) is 12.8. The smallest absolute Gasteiger partial charge is 0.139 e. The molecule has 3 rings (SSSR count). The first kappa shape index (κ1) is 12.3. The van der Waals surface area contributed by atoms with Gasteiger partial charge in [0, 0.05) is 6.04 Å². The number of fused-ring (bicyclic) bond motifs is 1. The SMILES string of the molecule is CC(N)c1ccc2c(c1)ncn2-c1cccc(Br)n1. The van der Waals surface area contributed by atoms with Gasteiger partial charge >= 0.3 is 0 Å². The van der Waals surface area contributed by atoms with E-state index in [-0.39, 0.29) is 6.04 Å². The molecular weight excluding hydrogens is 304 g/mol. The zero-order valence-electron chi connectivity index (χ0n) is 10.4. The van der Waals surface area contributed by atoms with Gasteiger partial charge in [-0.2, -0.15) is 0 Å². The van der Waals surface area contributed by atoms with Crippen molar-refractivity contribution < 1.29 is 0 Å². The zero-order chi connectivity index (χ0) is 13.4. The van der Waals surface area contributed by atoms with Gasteiger partial charge in [-0.1, -0.05) is 12.1 Å². The van der Waals surface area contributed by atoms with E-state index in [2.05, 4.69) is 25.9 Å². The second kappa shape index (κ2) is 4.75. The van der Waals surface area contributed by atoms with Gasteiger partial charge in [-0.05, 0) is 52.7 Å². The van der Waals surface area contributed by atoms with E-state index in [0.29, 0.717) is 0 Å². The van der Waals surface area contributed by atoms with Crippen molar-refractivity contribution in [3.8, 4) is 5.82 Å². The summed E-state index contributed by atoms with van der Waals surface area (Å²) >= 11 is 3.38. The maximum Gasteiger partial charge on any atom is 0.139 e. The second-order valence-corrected chi connectivity index (χ2v) is 5.28. The summed E-state index contributed by atoms with van der Waals surface area (Å²) in [5.41, 5.74) is 8.92. The largest absolute Gasteiger partial charge is 0.324 e. The Morgan fingerprint density at radius 2 is 2.11 bits per heavy atom. The van der Waals surface area contributed by atoms with Crippen molar-refractivity contribution in [2.45, 2.75) is 13.0 Å². The molecule has 0 aliphatic heterocycles. The lowest BCUT2D eigenvalue weighted by atomic mass is 10.1. The van der Waals surface area contributed by atoms with Gasteiger partial charge in [0.15, 0.2) is 0 Å². The van der Waals surface area contributed by atoms with Gasteiger partial charge in [0.1, 0.15) is 16.7 Å². The molecule has 0 amide bonds. The molecular formula is C14H13BrN4. The van der Waals surface area contributed by atoms with Gasteiger partial charge in [0.2, 0.25) is 0 Å². The molecule has 2 heterocycles. The average molecular weight is 317 g/mol. The van der Waals surface area contributed by atoms with Crippen molar-refractivity contribution in [3.63, 3.8) is 0 Å². The maximum atomic E-state index is 5.89. The minimum atomic E-state index is 0.0125. The summed E-state index contributed by atoms with van der Waals surface area (Å²) in [6, 6.07) is 11.9. The van der Waals surface area contributed by atoms with Gasteiger partial charge in [-0.15, -0.1) is 0 Å². The lowest BCUT2D eigenvalue weighted by molar-refractivity contribution is 0.819. The van der Waals surface area contributed by atoms with E-state index in [1.165, 1.54) is 0 Å². The monoisotopic (exact) mass is 316 g/mol. The average Bonchev–Trinajstić information content (AvgIpc) is 2.81. The predicted molar refractivity (Wildman–Crippen MR) is 79.2 cm³/mol. The summed E-state index contributed by atoms with van der Waals surface area (Å²) in [5, 5.41) is 0. The first-order valence-corrected chi connectivity index (χ1v) is 6.80. The Kier molecular flexibility index (Phi) is 3.08. The molecule has 0 radical (unpaired) electrons. The highest BCUT2D eigenvalue weighted by Gasteiger charge is 2.08. The van der Waals surface area contributed by atoms with Crippen LogP contribution in [0.3, 0.4) is 0 Å². The van der Waals surface area contributed by atoms with E-state index in [1.807, 2.05) is 47.9 Å². The standard InChI is InChI=1S/C14H13BrN4/c1-9(16)10-5-6-12-11(7-10)17-8-19(12)14-4-2-3-13(15)18-14/h2-9H,16H2,1H3. The molecule has 0 aliphatic carbocycles. The van der Waals surface area contributed by atoms with E-state index in [4.69, 9.17) is 5.73 Å². The molecule has 1 atom stereocenters. The van der Waals surface area contributed by atoms with Gasteiger partial charge in [0.05, 0.1) is 11.0 Å². The summed E-state index contributed by atoms with van der Waals surface area (Å²) in [5.74, 6) is 0.838. The molecule has 0 bridgehead atoms. The molecule has 0 saturated carbocycles. The van der Waals surface area contributed by atoms with Gasteiger partial charge in [0.25, 0.3) is 0 Å². The van der Waals surface area contributed by atoms with Crippen molar-refractivity contribution in [2.75, 3.05) is 0 Å². The van der Waals surface area contributed by atoms with Crippen LogP contribution in [-0.4, -0.2) is 14.5 Å². The molecule has 19 heavy (non-hydrogen) atoms. The number of aromatic nitrogens is 3. The van der Waals surface area contributed by atoms with Crippen LogP contribution in [0.5, 0.6) is 0 Å². The summed E-state index contributed by atoms with van der Waals surface area (Å²) < 4.78 is 2.77. The van der Waals surface area contributed by atoms with E-state index >= 15 is 0 Å².